The number of ether oxygens (including phenoxy) is 1. The number of aliphatic hydroxyl groups is 1. The zero-order valence-corrected chi connectivity index (χ0v) is 25.3. The molecule has 0 spiro atoms. The van der Waals surface area contributed by atoms with Gasteiger partial charge in [0.2, 0.25) is 5.13 Å². The minimum absolute atomic E-state index is 0.134. The van der Waals surface area contributed by atoms with E-state index in [2.05, 4.69) is 10.2 Å². The summed E-state index contributed by atoms with van der Waals surface area (Å²) in [6.07, 6.45) is 0. The SMILES string of the molecule is O=C1C(=O)N(c2nnc(SCc3ccc(Cl)cc3)s2)C(c2ccc(OCc3ccccc3)cc2)/C1=C(/O)c1ccc(F)cc1. The van der Waals surface area contributed by atoms with Crippen molar-refractivity contribution in [1.82, 2.24) is 10.2 Å². The largest absolute Gasteiger partial charge is 0.507 e. The molecule has 2 heterocycles. The molecule has 1 aliphatic rings. The molecule has 0 radical (unpaired) electrons. The van der Waals surface area contributed by atoms with Crippen LogP contribution in [0.2, 0.25) is 5.02 Å². The van der Waals surface area contributed by atoms with Gasteiger partial charge in [0.15, 0.2) is 4.34 Å². The van der Waals surface area contributed by atoms with Gasteiger partial charge in [0, 0.05) is 16.3 Å². The maximum Gasteiger partial charge on any atom is 0.301 e. The maximum atomic E-state index is 13.6. The van der Waals surface area contributed by atoms with Crippen LogP contribution in [0.25, 0.3) is 5.76 Å². The molecule has 1 saturated heterocycles. The Balaban J connectivity index is 1.33. The van der Waals surface area contributed by atoms with Gasteiger partial charge >= 0.3 is 5.91 Å². The monoisotopic (exact) mass is 643 g/mol. The third-order valence-corrected chi connectivity index (χ3v) is 9.26. The van der Waals surface area contributed by atoms with E-state index in [4.69, 9.17) is 16.3 Å². The van der Waals surface area contributed by atoms with Gasteiger partial charge in [-0.25, -0.2) is 4.39 Å². The third kappa shape index (κ3) is 6.37. The first kappa shape index (κ1) is 29.6. The molecule has 1 unspecified atom stereocenters. The molecule has 44 heavy (non-hydrogen) atoms. The van der Waals surface area contributed by atoms with E-state index in [0.29, 0.717) is 33.0 Å². The van der Waals surface area contributed by atoms with Gasteiger partial charge in [-0.2, -0.15) is 0 Å². The lowest BCUT2D eigenvalue weighted by Crippen LogP contribution is -2.29. The zero-order valence-electron chi connectivity index (χ0n) is 22.9. The molecular weight excluding hydrogens is 621 g/mol. The van der Waals surface area contributed by atoms with E-state index in [-0.39, 0.29) is 16.3 Å². The number of ketones is 1. The molecular formula is C33H23ClFN3O4S2. The van der Waals surface area contributed by atoms with Gasteiger partial charge in [-0.3, -0.25) is 14.5 Å². The Hall–Kier alpha value is -4.51. The molecule has 6 rings (SSSR count). The quantitative estimate of drug-likeness (QED) is 0.0575. The van der Waals surface area contributed by atoms with Gasteiger partial charge in [0.05, 0.1) is 11.6 Å². The number of amides is 1. The molecule has 11 heteroatoms. The fraction of sp³-hybridized carbons (Fsp3) is 0.0909. The van der Waals surface area contributed by atoms with Crippen molar-refractivity contribution in [3.8, 4) is 5.75 Å². The smallest absolute Gasteiger partial charge is 0.301 e. The van der Waals surface area contributed by atoms with Crippen LogP contribution in [-0.4, -0.2) is 27.0 Å². The normalized spacial score (nSPS) is 16.0. The minimum atomic E-state index is -1.01. The van der Waals surface area contributed by atoms with Crippen molar-refractivity contribution in [2.75, 3.05) is 4.90 Å². The zero-order chi connectivity index (χ0) is 30.6. The van der Waals surface area contributed by atoms with Crippen molar-refractivity contribution >= 4 is 57.3 Å². The summed E-state index contributed by atoms with van der Waals surface area (Å²) in [7, 11) is 0. The summed E-state index contributed by atoms with van der Waals surface area (Å²) >= 11 is 8.59. The fourth-order valence-electron chi connectivity index (χ4n) is 4.68. The summed E-state index contributed by atoms with van der Waals surface area (Å²) in [5.41, 5.74) is 2.65. The predicted molar refractivity (Wildman–Crippen MR) is 169 cm³/mol. The molecule has 1 aliphatic heterocycles. The number of Topliss-reactive ketones (excluding diaryl/α,β-unsaturated/α-hetero) is 1. The number of hydrogen-bond donors (Lipinski definition) is 1. The van der Waals surface area contributed by atoms with Crippen molar-refractivity contribution in [2.24, 2.45) is 0 Å². The van der Waals surface area contributed by atoms with Crippen molar-refractivity contribution in [2.45, 2.75) is 22.7 Å². The Morgan fingerprint density at radius 3 is 2.32 bits per heavy atom. The third-order valence-electron chi connectivity index (χ3n) is 6.88. The average Bonchev–Trinajstić information content (AvgIpc) is 3.62. The van der Waals surface area contributed by atoms with Gasteiger partial charge in [-0.05, 0) is 65.2 Å². The molecule has 4 aromatic carbocycles. The topological polar surface area (TPSA) is 92.6 Å². The first-order valence-electron chi connectivity index (χ1n) is 13.4. The van der Waals surface area contributed by atoms with Gasteiger partial charge < -0.3 is 9.84 Å². The van der Waals surface area contributed by atoms with Crippen LogP contribution in [0.15, 0.2) is 113 Å². The Morgan fingerprint density at radius 1 is 0.909 bits per heavy atom. The first-order valence-corrected chi connectivity index (χ1v) is 15.6. The Bertz CT molecular complexity index is 1830. The number of carbonyl (C=O) groups excluding carboxylic acids is 2. The van der Waals surface area contributed by atoms with E-state index >= 15 is 0 Å². The average molecular weight is 644 g/mol. The van der Waals surface area contributed by atoms with Crippen LogP contribution in [0.5, 0.6) is 5.75 Å². The number of hydrogen-bond acceptors (Lipinski definition) is 8. The van der Waals surface area contributed by atoms with Gasteiger partial charge in [-0.15, -0.1) is 10.2 Å². The molecule has 0 aliphatic carbocycles. The van der Waals surface area contributed by atoms with Gasteiger partial charge in [-0.1, -0.05) is 89.3 Å². The van der Waals surface area contributed by atoms with E-state index in [9.17, 15) is 19.1 Å². The van der Waals surface area contributed by atoms with E-state index in [1.54, 1.807) is 24.3 Å². The lowest BCUT2D eigenvalue weighted by molar-refractivity contribution is -0.132. The second kappa shape index (κ2) is 13.0. The number of nitrogens with zero attached hydrogens (tertiary/aromatic N) is 3. The number of aromatic nitrogens is 2. The van der Waals surface area contributed by atoms with E-state index in [1.807, 2.05) is 54.6 Å². The molecule has 1 N–H and O–H groups in total. The highest BCUT2D eigenvalue weighted by Crippen LogP contribution is 2.44. The lowest BCUT2D eigenvalue weighted by Gasteiger charge is -2.22. The number of halogens is 2. The molecule has 0 bridgehead atoms. The molecule has 0 saturated carbocycles. The van der Waals surface area contributed by atoms with Crippen molar-refractivity contribution < 1.29 is 23.8 Å². The molecule has 1 fully saturated rings. The van der Waals surface area contributed by atoms with E-state index < -0.39 is 29.3 Å². The first-order chi connectivity index (χ1) is 21.4. The second-order valence-corrected chi connectivity index (χ2v) is 12.4. The molecule has 1 amide bonds. The number of thioether (sulfide) groups is 1. The standard InChI is InChI=1S/C33H23ClFN3O4S2/c34-24-12-6-21(7-13-24)19-43-33-37-36-32(44-33)38-28(22-10-16-26(17-11-22)42-18-20-4-2-1-3-5-20)27(30(40)31(38)41)29(39)23-8-14-25(35)15-9-23/h1-17,28,39H,18-19H2/b29-27-. The van der Waals surface area contributed by atoms with Crippen molar-refractivity contribution in [3.63, 3.8) is 0 Å². The van der Waals surface area contributed by atoms with E-state index in [0.717, 1.165) is 11.1 Å². The molecule has 1 atom stereocenters. The van der Waals surface area contributed by atoms with Crippen LogP contribution in [0, 0.1) is 5.82 Å². The van der Waals surface area contributed by atoms with Crippen LogP contribution < -0.4 is 9.64 Å². The maximum absolute atomic E-state index is 13.6. The Morgan fingerprint density at radius 2 is 1.61 bits per heavy atom. The Kier molecular flexibility index (Phi) is 8.74. The van der Waals surface area contributed by atoms with E-state index in [1.165, 1.54) is 52.3 Å². The highest BCUT2D eigenvalue weighted by Gasteiger charge is 2.48. The molecule has 5 aromatic rings. The summed E-state index contributed by atoms with van der Waals surface area (Å²) in [6.45, 7) is 0.366. The molecule has 220 valence electrons. The summed E-state index contributed by atoms with van der Waals surface area (Å²) in [5.74, 6) is -1.46. The highest BCUT2D eigenvalue weighted by molar-refractivity contribution is 8.00. The van der Waals surface area contributed by atoms with Gasteiger partial charge in [0.1, 0.15) is 23.9 Å². The summed E-state index contributed by atoms with van der Waals surface area (Å²) in [5, 5.41) is 20.6. The van der Waals surface area contributed by atoms with Crippen LogP contribution in [0.3, 0.4) is 0 Å². The van der Waals surface area contributed by atoms with Crippen LogP contribution in [-0.2, 0) is 21.9 Å². The minimum Gasteiger partial charge on any atom is -0.507 e. The summed E-state index contributed by atoms with van der Waals surface area (Å²) < 4.78 is 20.1. The van der Waals surface area contributed by atoms with Crippen LogP contribution >= 0.6 is 34.7 Å². The van der Waals surface area contributed by atoms with Gasteiger partial charge in [0.25, 0.3) is 5.78 Å². The van der Waals surface area contributed by atoms with Crippen molar-refractivity contribution in [3.05, 3.63) is 142 Å². The lowest BCUT2D eigenvalue weighted by atomic mass is 9.95. The Labute approximate surface area is 265 Å². The summed E-state index contributed by atoms with van der Waals surface area (Å²) in [4.78, 5) is 28.2. The predicted octanol–water partition coefficient (Wildman–Crippen LogP) is 7.83. The fourth-order valence-corrected chi connectivity index (χ4v) is 6.63. The van der Waals surface area contributed by atoms with Crippen molar-refractivity contribution in [1.29, 1.82) is 0 Å². The number of rotatable bonds is 9. The number of aliphatic hydroxyl groups excluding tert-OH is 1. The number of anilines is 1. The number of carbonyl (C=O) groups is 2. The summed E-state index contributed by atoms with van der Waals surface area (Å²) in [6, 6.07) is 28.2. The molecule has 1 aromatic heterocycles. The second-order valence-electron chi connectivity index (χ2n) is 9.78. The van der Waals surface area contributed by atoms with Crippen LogP contribution in [0.1, 0.15) is 28.3 Å². The highest BCUT2D eigenvalue weighted by atomic mass is 35.5. The van der Waals surface area contributed by atoms with Crippen LogP contribution in [0.4, 0.5) is 9.52 Å². The number of benzene rings is 4. The molecule has 7 nitrogen and oxygen atoms in total.